The Morgan fingerprint density at radius 3 is 2.79 bits per heavy atom. The van der Waals surface area contributed by atoms with E-state index in [0.29, 0.717) is 19.1 Å². The first kappa shape index (κ1) is 16.2. The van der Waals surface area contributed by atoms with Crippen LogP contribution in [0.3, 0.4) is 0 Å². The first-order chi connectivity index (χ1) is 11.8. The van der Waals surface area contributed by atoms with Crippen LogP contribution in [0.5, 0.6) is 6.01 Å². The van der Waals surface area contributed by atoms with Gasteiger partial charge in [-0.2, -0.15) is 0 Å². The lowest BCUT2D eigenvalue weighted by atomic mass is 10.1. The molecular formula is C18H22N4O2. The third kappa shape index (κ3) is 4.68. The largest absolute Gasteiger partial charge is 0.458 e. The van der Waals surface area contributed by atoms with Crippen molar-refractivity contribution >= 4 is 6.03 Å². The first-order valence-corrected chi connectivity index (χ1v) is 8.31. The molecule has 3 rings (SSSR count). The number of aromatic nitrogens is 2. The molecular weight excluding hydrogens is 304 g/mol. The molecule has 6 heteroatoms. The normalized spacial score (nSPS) is 17.3. The average Bonchev–Trinajstić information content (AvgIpc) is 2.64. The van der Waals surface area contributed by atoms with E-state index in [9.17, 15) is 4.79 Å². The number of carbonyl (C=O) groups is 1. The fourth-order valence-corrected chi connectivity index (χ4v) is 2.78. The van der Waals surface area contributed by atoms with E-state index in [1.54, 1.807) is 18.5 Å². The molecule has 1 aliphatic heterocycles. The van der Waals surface area contributed by atoms with Gasteiger partial charge in [-0.1, -0.05) is 30.3 Å². The Bertz CT molecular complexity index is 636. The van der Waals surface area contributed by atoms with E-state index in [0.717, 1.165) is 25.8 Å². The predicted octanol–water partition coefficient (Wildman–Crippen LogP) is 2.27. The standard InChI is InChI=1S/C18H22N4O2/c23-18(21-12-9-15-6-2-1-3-7-15)22-13-4-8-16(14-22)24-17-19-10-5-11-20-17/h1-3,5-7,10-11,16H,4,8-9,12-14H2,(H,21,23). The van der Waals surface area contributed by atoms with Gasteiger partial charge in [-0.3, -0.25) is 0 Å². The van der Waals surface area contributed by atoms with Gasteiger partial charge in [-0.25, -0.2) is 14.8 Å². The van der Waals surface area contributed by atoms with Crippen molar-refractivity contribution < 1.29 is 9.53 Å². The Morgan fingerprint density at radius 2 is 2.00 bits per heavy atom. The van der Waals surface area contributed by atoms with E-state index in [-0.39, 0.29) is 12.1 Å². The molecule has 1 unspecified atom stereocenters. The van der Waals surface area contributed by atoms with Crippen molar-refractivity contribution in [2.75, 3.05) is 19.6 Å². The third-order valence-electron chi connectivity index (χ3n) is 4.01. The summed E-state index contributed by atoms with van der Waals surface area (Å²) in [5.41, 5.74) is 1.22. The topological polar surface area (TPSA) is 67.4 Å². The molecule has 0 bridgehead atoms. The van der Waals surface area contributed by atoms with Crippen LogP contribution in [-0.2, 0) is 6.42 Å². The Morgan fingerprint density at radius 1 is 1.21 bits per heavy atom. The molecule has 1 saturated heterocycles. The minimum atomic E-state index is -0.0546. The molecule has 1 aromatic carbocycles. The van der Waals surface area contributed by atoms with Crippen molar-refractivity contribution in [3.8, 4) is 6.01 Å². The highest BCUT2D eigenvalue weighted by Crippen LogP contribution is 2.15. The molecule has 1 N–H and O–H groups in total. The molecule has 6 nitrogen and oxygen atoms in total. The summed E-state index contributed by atoms with van der Waals surface area (Å²) in [6, 6.07) is 12.2. The third-order valence-corrected chi connectivity index (χ3v) is 4.01. The molecule has 2 amide bonds. The maximum absolute atomic E-state index is 12.3. The van der Waals surface area contributed by atoms with Gasteiger partial charge in [0.25, 0.3) is 0 Å². The molecule has 1 atom stereocenters. The van der Waals surface area contributed by atoms with Gasteiger partial charge >= 0.3 is 12.0 Å². The van der Waals surface area contributed by atoms with Crippen molar-refractivity contribution in [2.24, 2.45) is 0 Å². The maximum atomic E-state index is 12.3. The van der Waals surface area contributed by atoms with Crippen LogP contribution in [0.15, 0.2) is 48.8 Å². The number of ether oxygens (including phenoxy) is 1. The van der Waals surface area contributed by atoms with Crippen LogP contribution < -0.4 is 10.1 Å². The van der Waals surface area contributed by atoms with Gasteiger partial charge in [0.1, 0.15) is 6.10 Å². The van der Waals surface area contributed by atoms with E-state index >= 15 is 0 Å². The summed E-state index contributed by atoms with van der Waals surface area (Å²) in [6.07, 6.45) is 5.91. The number of carbonyl (C=O) groups excluding carboxylic acids is 1. The van der Waals surface area contributed by atoms with Crippen molar-refractivity contribution in [3.05, 3.63) is 54.4 Å². The van der Waals surface area contributed by atoms with Crippen LogP contribution in [0.4, 0.5) is 4.79 Å². The smallest absolute Gasteiger partial charge is 0.317 e. The lowest BCUT2D eigenvalue weighted by Crippen LogP contribution is -2.49. The molecule has 0 aliphatic carbocycles. The van der Waals surface area contributed by atoms with E-state index in [2.05, 4.69) is 27.4 Å². The van der Waals surface area contributed by atoms with Crippen molar-refractivity contribution in [3.63, 3.8) is 0 Å². The van der Waals surface area contributed by atoms with Gasteiger partial charge in [0.2, 0.25) is 0 Å². The van der Waals surface area contributed by atoms with Gasteiger partial charge in [-0.05, 0) is 30.9 Å². The minimum Gasteiger partial charge on any atom is -0.458 e. The van der Waals surface area contributed by atoms with Gasteiger partial charge in [0.05, 0.1) is 6.54 Å². The van der Waals surface area contributed by atoms with Crippen molar-refractivity contribution in [1.29, 1.82) is 0 Å². The van der Waals surface area contributed by atoms with Crippen LogP contribution in [0, 0.1) is 0 Å². The second-order valence-corrected chi connectivity index (χ2v) is 5.83. The number of nitrogens with one attached hydrogen (secondary N) is 1. The number of urea groups is 1. The van der Waals surface area contributed by atoms with Gasteiger partial charge < -0.3 is 15.0 Å². The Hall–Kier alpha value is -2.63. The zero-order valence-electron chi connectivity index (χ0n) is 13.6. The zero-order chi connectivity index (χ0) is 16.6. The Kier molecular flexibility index (Phi) is 5.61. The highest BCUT2D eigenvalue weighted by atomic mass is 16.5. The number of piperidine rings is 1. The number of amides is 2. The van der Waals surface area contributed by atoms with Crippen molar-refractivity contribution in [1.82, 2.24) is 20.2 Å². The number of benzene rings is 1. The lowest BCUT2D eigenvalue weighted by Gasteiger charge is -2.32. The number of hydrogen-bond acceptors (Lipinski definition) is 4. The van der Waals surface area contributed by atoms with E-state index < -0.39 is 0 Å². The second-order valence-electron chi connectivity index (χ2n) is 5.83. The molecule has 2 aromatic rings. The summed E-state index contributed by atoms with van der Waals surface area (Å²) in [6.45, 7) is 1.95. The quantitative estimate of drug-likeness (QED) is 0.915. The number of nitrogens with zero attached hydrogens (tertiary/aromatic N) is 3. The number of rotatable bonds is 5. The SMILES string of the molecule is O=C(NCCc1ccccc1)N1CCCC(Oc2ncccn2)C1. The van der Waals surface area contributed by atoms with Crippen LogP contribution in [0.25, 0.3) is 0 Å². The lowest BCUT2D eigenvalue weighted by molar-refractivity contribution is 0.0940. The van der Waals surface area contributed by atoms with Crippen LogP contribution in [-0.4, -0.2) is 46.6 Å². The zero-order valence-corrected chi connectivity index (χ0v) is 13.6. The molecule has 2 heterocycles. The fourth-order valence-electron chi connectivity index (χ4n) is 2.78. The highest BCUT2D eigenvalue weighted by Gasteiger charge is 2.25. The van der Waals surface area contributed by atoms with Gasteiger partial charge in [0, 0.05) is 25.5 Å². The molecule has 1 aliphatic rings. The maximum Gasteiger partial charge on any atom is 0.317 e. The molecule has 1 aromatic heterocycles. The number of hydrogen-bond donors (Lipinski definition) is 1. The summed E-state index contributed by atoms with van der Waals surface area (Å²) < 4.78 is 5.77. The molecule has 0 saturated carbocycles. The molecule has 1 fully saturated rings. The molecule has 24 heavy (non-hydrogen) atoms. The highest BCUT2D eigenvalue weighted by molar-refractivity contribution is 5.74. The summed E-state index contributed by atoms with van der Waals surface area (Å²) >= 11 is 0. The van der Waals surface area contributed by atoms with Crippen LogP contribution in [0.1, 0.15) is 18.4 Å². The molecule has 126 valence electrons. The summed E-state index contributed by atoms with van der Waals surface area (Å²) in [4.78, 5) is 22.3. The predicted molar refractivity (Wildman–Crippen MR) is 90.8 cm³/mol. The Labute approximate surface area is 141 Å². The van der Waals surface area contributed by atoms with Gasteiger partial charge in [0.15, 0.2) is 0 Å². The van der Waals surface area contributed by atoms with E-state index in [1.807, 2.05) is 23.1 Å². The second kappa shape index (κ2) is 8.29. The first-order valence-electron chi connectivity index (χ1n) is 8.31. The van der Waals surface area contributed by atoms with Crippen LogP contribution >= 0.6 is 0 Å². The summed E-state index contributed by atoms with van der Waals surface area (Å²) in [5.74, 6) is 0. The minimum absolute atomic E-state index is 0.0341. The van der Waals surface area contributed by atoms with E-state index in [1.165, 1.54) is 5.56 Å². The summed E-state index contributed by atoms with van der Waals surface area (Å²) in [5, 5.41) is 2.99. The molecule has 0 spiro atoms. The molecule has 0 radical (unpaired) electrons. The Balaban J connectivity index is 1.44. The van der Waals surface area contributed by atoms with E-state index in [4.69, 9.17) is 4.74 Å². The van der Waals surface area contributed by atoms with Crippen LogP contribution in [0.2, 0.25) is 0 Å². The average molecular weight is 326 g/mol. The summed E-state index contributed by atoms with van der Waals surface area (Å²) in [7, 11) is 0. The number of likely N-dealkylation sites (tertiary alicyclic amines) is 1. The van der Waals surface area contributed by atoms with Crippen molar-refractivity contribution in [2.45, 2.75) is 25.4 Å². The van der Waals surface area contributed by atoms with Gasteiger partial charge in [-0.15, -0.1) is 0 Å². The fraction of sp³-hybridized carbons (Fsp3) is 0.389. The monoisotopic (exact) mass is 326 g/mol.